The van der Waals surface area contributed by atoms with Crippen molar-refractivity contribution in [2.24, 2.45) is 0 Å². The first-order valence-electron chi connectivity index (χ1n) is 5.69. The van der Waals surface area contributed by atoms with Crippen LogP contribution in [0.2, 0.25) is 10.2 Å². The van der Waals surface area contributed by atoms with Gasteiger partial charge in [0.2, 0.25) is 0 Å². The SMILES string of the molecule is CC(C)N(CCCO)Cc1cnc(Cl)cc1Cl. The standard InChI is InChI=1S/C12H18Cl2N2O/c1-9(2)16(4-3-5-17)8-10-7-15-12(14)6-11(10)13/h6-7,9,17H,3-5,8H2,1-2H3. The van der Waals surface area contributed by atoms with E-state index in [0.29, 0.717) is 16.2 Å². The van der Waals surface area contributed by atoms with E-state index in [0.717, 1.165) is 25.1 Å². The van der Waals surface area contributed by atoms with Crippen molar-refractivity contribution in [2.75, 3.05) is 13.2 Å². The third-order valence-corrected chi connectivity index (χ3v) is 3.16. The maximum absolute atomic E-state index is 8.87. The summed E-state index contributed by atoms with van der Waals surface area (Å²) in [6, 6.07) is 2.05. The molecule has 0 aliphatic carbocycles. The van der Waals surface area contributed by atoms with E-state index in [1.54, 1.807) is 12.3 Å². The van der Waals surface area contributed by atoms with Gasteiger partial charge in [-0.25, -0.2) is 4.98 Å². The molecule has 1 rings (SSSR count). The van der Waals surface area contributed by atoms with Crippen LogP contribution in [0.15, 0.2) is 12.3 Å². The molecule has 1 N–H and O–H groups in total. The summed E-state index contributed by atoms with van der Waals surface area (Å²) in [6.07, 6.45) is 2.47. The lowest BCUT2D eigenvalue weighted by molar-refractivity contribution is 0.185. The molecular formula is C12H18Cl2N2O. The first-order valence-corrected chi connectivity index (χ1v) is 6.45. The van der Waals surface area contributed by atoms with Crippen LogP contribution in [0.5, 0.6) is 0 Å². The lowest BCUT2D eigenvalue weighted by Crippen LogP contribution is -2.31. The zero-order chi connectivity index (χ0) is 12.8. The topological polar surface area (TPSA) is 36.4 Å². The summed E-state index contributed by atoms with van der Waals surface area (Å²) in [6.45, 7) is 6.01. The quantitative estimate of drug-likeness (QED) is 0.812. The molecular weight excluding hydrogens is 259 g/mol. The number of aromatic nitrogens is 1. The second-order valence-corrected chi connectivity index (χ2v) is 5.03. The molecule has 1 aromatic rings. The van der Waals surface area contributed by atoms with Gasteiger partial charge in [0.1, 0.15) is 5.15 Å². The summed E-state index contributed by atoms with van der Waals surface area (Å²) in [5.41, 5.74) is 0.961. The fraction of sp³-hybridized carbons (Fsp3) is 0.583. The fourth-order valence-corrected chi connectivity index (χ4v) is 1.99. The number of pyridine rings is 1. The summed E-state index contributed by atoms with van der Waals surface area (Å²) in [5.74, 6) is 0. The Labute approximate surface area is 112 Å². The maximum Gasteiger partial charge on any atom is 0.130 e. The largest absolute Gasteiger partial charge is 0.396 e. The minimum absolute atomic E-state index is 0.204. The van der Waals surface area contributed by atoms with Crippen molar-refractivity contribution >= 4 is 23.2 Å². The molecule has 0 aromatic carbocycles. The molecule has 3 nitrogen and oxygen atoms in total. The van der Waals surface area contributed by atoms with E-state index in [9.17, 15) is 0 Å². The molecule has 0 radical (unpaired) electrons. The molecule has 1 heterocycles. The molecule has 0 aliphatic rings. The van der Waals surface area contributed by atoms with Gasteiger partial charge in [-0.15, -0.1) is 0 Å². The van der Waals surface area contributed by atoms with Crippen molar-refractivity contribution in [3.8, 4) is 0 Å². The number of hydrogen-bond acceptors (Lipinski definition) is 3. The molecule has 0 atom stereocenters. The molecule has 0 unspecified atom stereocenters. The maximum atomic E-state index is 8.87. The molecule has 0 bridgehead atoms. The summed E-state index contributed by atoms with van der Waals surface area (Å²) >= 11 is 11.9. The van der Waals surface area contributed by atoms with Gasteiger partial charge in [0.15, 0.2) is 0 Å². The summed E-state index contributed by atoms with van der Waals surface area (Å²) in [7, 11) is 0. The normalized spacial score (nSPS) is 11.5. The van der Waals surface area contributed by atoms with Crippen molar-refractivity contribution < 1.29 is 5.11 Å². The molecule has 0 spiro atoms. The average molecular weight is 277 g/mol. The molecule has 0 fully saturated rings. The highest BCUT2D eigenvalue weighted by Crippen LogP contribution is 2.20. The van der Waals surface area contributed by atoms with Crippen LogP contribution < -0.4 is 0 Å². The fourth-order valence-electron chi connectivity index (χ4n) is 1.56. The average Bonchev–Trinajstić information content (AvgIpc) is 2.26. The zero-order valence-corrected chi connectivity index (χ0v) is 11.7. The summed E-state index contributed by atoms with van der Waals surface area (Å²) in [5, 5.41) is 9.92. The monoisotopic (exact) mass is 276 g/mol. The predicted molar refractivity (Wildman–Crippen MR) is 71.5 cm³/mol. The van der Waals surface area contributed by atoms with E-state index in [1.807, 2.05) is 0 Å². The van der Waals surface area contributed by atoms with E-state index in [1.165, 1.54) is 0 Å². The van der Waals surface area contributed by atoms with Gasteiger partial charge in [-0.3, -0.25) is 4.90 Å². The smallest absolute Gasteiger partial charge is 0.130 e. The second-order valence-electron chi connectivity index (χ2n) is 4.24. The summed E-state index contributed by atoms with van der Waals surface area (Å²) < 4.78 is 0. The Bertz CT molecular complexity index is 358. The van der Waals surface area contributed by atoms with Crippen LogP contribution >= 0.6 is 23.2 Å². The van der Waals surface area contributed by atoms with Crippen LogP contribution in [0.3, 0.4) is 0 Å². The van der Waals surface area contributed by atoms with E-state index < -0.39 is 0 Å². The molecule has 96 valence electrons. The van der Waals surface area contributed by atoms with Gasteiger partial charge in [-0.2, -0.15) is 0 Å². The highest BCUT2D eigenvalue weighted by Gasteiger charge is 2.12. The number of aliphatic hydroxyl groups excluding tert-OH is 1. The van der Waals surface area contributed by atoms with Crippen molar-refractivity contribution in [3.05, 3.63) is 28.0 Å². The van der Waals surface area contributed by atoms with Gasteiger partial charge < -0.3 is 5.11 Å². The van der Waals surface area contributed by atoms with E-state index in [2.05, 4.69) is 23.7 Å². The number of hydrogen-bond donors (Lipinski definition) is 1. The number of halogens is 2. The van der Waals surface area contributed by atoms with Crippen molar-refractivity contribution in [1.29, 1.82) is 0 Å². The minimum atomic E-state index is 0.204. The van der Waals surface area contributed by atoms with Gasteiger partial charge in [-0.1, -0.05) is 23.2 Å². The lowest BCUT2D eigenvalue weighted by atomic mass is 10.2. The third kappa shape index (κ3) is 4.80. The molecule has 1 aromatic heterocycles. The van der Waals surface area contributed by atoms with E-state index >= 15 is 0 Å². The van der Waals surface area contributed by atoms with Crippen molar-refractivity contribution in [3.63, 3.8) is 0 Å². The van der Waals surface area contributed by atoms with E-state index in [4.69, 9.17) is 28.3 Å². The molecule has 17 heavy (non-hydrogen) atoms. The molecule has 0 aliphatic heterocycles. The summed E-state index contributed by atoms with van der Waals surface area (Å²) in [4.78, 5) is 6.28. The van der Waals surface area contributed by atoms with Gasteiger partial charge in [-0.05, 0) is 26.3 Å². The van der Waals surface area contributed by atoms with Crippen LogP contribution in [-0.4, -0.2) is 34.2 Å². The van der Waals surface area contributed by atoms with Crippen molar-refractivity contribution in [2.45, 2.75) is 32.9 Å². The van der Waals surface area contributed by atoms with Crippen LogP contribution in [0, 0.1) is 0 Å². The molecule has 5 heteroatoms. The number of aliphatic hydroxyl groups is 1. The van der Waals surface area contributed by atoms with Gasteiger partial charge in [0.05, 0.1) is 0 Å². The number of rotatable bonds is 6. The predicted octanol–water partition coefficient (Wildman–Crippen LogP) is 2.98. The van der Waals surface area contributed by atoms with Crippen LogP contribution in [-0.2, 0) is 6.54 Å². The highest BCUT2D eigenvalue weighted by atomic mass is 35.5. The zero-order valence-electron chi connectivity index (χ0n) is 10.2. The van der Waals surface area contributed by atoms with E-state index in [-0.39, 0.29) is 6.61 Å². The Morgan fingerprint density at radius 2 is 2.12 bits per heavy atom. The lowest BCUT2D eigenvalue weighted by Gasteiger charge is -2.26. The highest BCUT2D eigenvalue weighted by molar-refractivity contribution is 6.34. The van der Waals surface area contributed by atoms with Gasteiger partial charge >= 0.3 is 0 Å². The Hall–Kier alpha value is -0.350. The number of nitrogens with zero attached hydrogens (tertiary/aromatic N) is 2. The Morgan fingerprint density at radius 3 is 2.65 bits per heavy atom. The first-order chi connectivity index (χ1) is 8.04. The molecule has 0 amide bonds. The Balaban J connectivity index is 2.71. The van der Waals surface area contributed by atoms with Gasteiger partial charge in [0.25, 0.3) is 0 Å². The first kappa shape index (κ1) is 14.7. The molecule has 0 saturated heterocycles. The second kappa shape index (κ2) is 7.17. The van der Waals surface area contributed by atoms with Crippen molar-refractivity contribution in [1.82, 2.24) is 9.88 Å². The third-order valence-electron chi connectivity index (χ3n) is 2.60. The Morgan fingerprint density at radius 1 is 1.41 bits per heavy atom. The van der Waals surface area contributed by atoms with Crippen LogP contribution in [0.4, 0.5) is 0 Å². The molecule has 0 saturated carbocycles. The minimum Gasteiger partial charge on any atom is -0.396 e. The van der Waals surface area contributed by atoms with Crippen LogP contribution in [0.25, 0.3) is 0 Å². The van der Waals surface area contributed by atoms with Gasteiger partial charge in [0, 0.05) is 42.5 Å². The van der Waals surface area contributed by atoms with Crippen LogP contribution in [0.1, 0.15) is 25.8 Å². The Kier molecular flexibility index (Phi) is 6.20.